The maximum Gasteiger partial charge on any atom is 0.307 e. The summed E-state index contributed by atoms with van der Waals surface area (Å²) in [6, 6.07) is -0.144. The van der Waals surface area contributed by atoms with Crippen molar-refractivity contribution in [3.8, 4) is 0 Å². The molecule has 0 aromatic heterocycles. The third-order valence-electron chi connectivity index (χ3n) is 4.14. The van der Waals surface area contributed by atoms with Crippen molar-refractivity contribution in [3.05, 3.63) is 0 Å². The first-order valence-electron chi connectivity index (χ1n) is 7.45. The van der Waals surface area contributed by atoms with Crippen molar-refractivity contribution < 1.29 is 9.53 Å². The number of hydrogen-bond acceptors (Lipinski definition) is 3. The van der Waals surface area contributed by atoms with Gasteiger partial charge in [-0.15, -0.1) is 0 Å². The highest BCUT2D eigenvalue weighted by atomic mass is 16.5. The Kier molecular flexibility index (Phi) is 5.05. The highest BCUT2D eigenvalue weighted by Gasteiger charge is 2.34. The van der Waals surface area contributed by atoms with Gasteiger partial charge in [-0.05, 0) is 36.0 Å². The predicted molar refractivity (Wildman–Crippen MR) is 78.7 cm³/mol. The van der Waals surface area contributed by atoms with Gasteiger partial charge in [0, 0.05) is 6.04 Å². The lowest BCUT2D eigenvalue weighted by atomic mass is 9.71. The zero-order chi connectivity index (χ0) is 14.8. The summed E-state index contributed by atoms with van der Waals surface area (Å²) >= 11 is 0. The van der Waals surface area contributed by atoms with Crippen molar-refractivity contribution in [2.45, 2.75) is 79.4 Å². The van der Waals surface area contributed by atoms with Gasteiger partial charge in [-0.1, -0.05) is 41.5 Å². The van der Waals surface area contributed by atoms with E-state index in [-0.39, 0.29) is 28.9 Å². The molecule has 1 aliphatic rings. The van der Waals surface area contributed by atoms with Gasteiger partial charge in [0.25, 0.3) is 0 Å². The van der Waals surface area contributed by atoms with Crippen molar-refractivity contribution in [1.29, 1.82) is 0 Å². The quantitative estimate of drug-likeness (QED) is 0.798. The molecule has 112 valence electrons. The normalized spacial score (nSPS) is 28.8. The van der Waals surface area contributed by atoms with Crippen LogP contribution in [-0.2, 0) is 9.53 Å². The second kappa shape index (κ2) is 5.82. The predicted octanol–water partition coefficient (Wildman–Crippen LogP) is 3.51. The summed E-state index contributed by atoms with van der Waals surface area (Å²) in [5.74, 6) is 0.482. The van der Waals surface area contributed by atoms with Crippen molar-refractivity contribution in [2.24, 2.45) is 22.5 Å². The fourth-order valence-corrected chi connectivity index (χ4v) is 3.07. The molecule has 0 amide bonds. The molecule has 19 heavy (non-hydrogen) atoms. The summed E-state index contributed by atoms with van der Waals surface area (Å²) in [7, 11) is 0. The monoisotopic (exact) mass is 269 g/mol. The van der Waals surface area contributed by atoms with E-state index in [1.165, 1.54) is 6.42 Å². The summed E-state index contributed by atoms with van der Waals surface area (Å²) in [6.45, 7) is 12.9. The van der Waals surface area contributed by atoms with E-state index in [0.717, 1.165) is 12.8 Å². The van der Waals surface area contributed by atoms with Crippen LogP contribution in [-0.4, -0.2) is 18.1 Å². The molecule has 3 heteroatoms. The summed E-state index contributed by atoms with van der Waals surface area (Å²) in [4.78, 5) is 12.0. The minimum atomic E-state index is -0.144. The maximum absolute atomic E-state index is 12.0. The molecule has 0 spiro atoms. The average Bonchev–Trinajstić information content (AvgIpc) is 2.11. The Hall–Kier alpha value is -0.570. The molecule has 1 saturated carbocycles. The lowest BCUT2D eigenvalue weighted by Crippen LogP contribution is -2.39. The van der Waals surface area contributed by atoms with Crippen LogP contribution >= 0.6 is 0 Å². The third-order valence-corrected chi connectivity index (χ3v) is 4.14. The molecule has 1 rings (SSSR count). The first kappa shape index (κ1) is 16.5. The Morgan fingerprint density at radius 2 is 1.95 bits per heavy atom. The molecular weight excluding hydrogens is 238 g/mol. The number of ether oxygens (including phenoxy) is 1. The van der Waals surface area contributed by atoms with Crippen LogP contribution in [0, 0.1) is 16.7 Å². The minimum absolute atomic E-state index is 0.0574. The molecule has 0 aromatic rings. The molecule has 0 bridgehead atoms. The van der Waals surface area contributed by atoms with Crippen molar-refractivity contribution in [1.82, 2.24) is 0 Å². The summed E-state index contributed by atoms with van der Waals surface area (Å²) in [5.41, 5.74) is 6.25. The minimum Gasteiger partial charge on any atom is -0.462 e. The van der Waals surface area contributed by atoms with Gasteiger partial charge < -0.3 is 10.5 Å². The SMILES string of the molecule is CC1CC(OC(=O)CC(N)C(C)(C)C)CC(C)(C)C1. The molecule has 1 aliphatic carbocycles. The van der Waals surface area contributed by atoms with Crippen LogP contribution < -0.4 is 5.73 Å². The summed E-state index contributed by atoms with van der Waals surface area (Å²) < 4.78 is 5.64. The van der Waals surface area contributed by atoms with E-state index in [9.17, 15) is 4.79 Å². The molecular formula is C16H31NO2. The highest BCUT2D eigenvalue weighted by molar-refractivity contribution is 5.70. The Labute approximate surface area is 118 Å². The number of esters is 1. The van der Waals surface area contributed by atoms with E-state index < -0.39 is 0 Å². The number of carbonyl (C=O) groups is 1. The molecule has 0 saturated heterocycles. The summed E-state index contributed by atoms with van der Waals surface area (Å²) in [5, 5.41) is 0. The molecule has 0 radical (unpaired) electrons. The van der Waals surface area contributed by atoms with Crippen molar-refractivity contribution in [3.63, 3.8) is 0 Å². The standard InChI is InChI=1S/C16H31NO2/c1-11-7-12(10-16(5,6)9-11)19-14(18)8-13(17)15(2,3)4/h11-13H,7-10,17H2,1-6H3. The van der Waals surface area contributed by atoms with E-state index in [0.29, 0.717) is 12.3 Å². The Balaban J connectivity index is 2.48. The van der Waals surface area contributed by atoms with Gasteiger partial charge in [-0.2, -0.15) is 0 Å². The number of carbonyl (C=O) groups excluding carboxylic acids is 1. The van der Waals surface area contributed by atoms with E-state index >= 15 is 0 Å². The lowest BCUT2D eigenvalue weighted by molar-refractivity contribution is -0.154. The molecule has 0 aromatic carbocycles. The van der Waals surface area contributed by atoms with Gasteiger partial charge in [-0.25, -0.2) is 0 Å². The number of nitrogens with two attached hydrogens (primary N) is 1. The van der Waals surface area contributed by atoms with E-state index in [1.807, 2.05) is 0 Å². The summed E-state index contributed by atoms with van der Waals surface area (Å²) in [6.07, 6.45) is 3.55. The second-order valence-electron chi connectivity index (χ2n) is 8.20. The maximum atomic E-state index is 12.0. The largest absolute Gasteiger partial charge is 0.462 e. The molecule has 3 unspecified atom stereocenters. The van der Waals surface area contributed by atoms with Crippen LogP contribution in [0.2, 0.25) is 0 Å². The van der Waals surface area contributed by atoms with Crippen molar-refractivity contribution >= 4 is 5.97 Å². The van der Waals surface area contributed by atoms with E-state index in [4.69, 9.17) is 10.5 Å². The average molecular weight is 269 g/mol. The highest BCUT2D eigenvalue weighted by Crippen LogP contribution is 2.39. The van der Waals surface area contributed by atoms with Crippen LogP contribution in [0.25, 0.3) is 0 Å². The number of rotatable bonds is 3. The first-order valence-corrected chi connectivity index (χ1v) is 7.45. The molecule has 2 N–H and O–H groups in total. The lowest BCUT2D eigenvalue weighted by Gasteiger charge is -2.38. The van der Waals surface area contributed by atoms with Gasteiger partial charge in [-0.3, -0.25) is 4.79 Å². The van der Waals surface area contributed by atoms with Crippen LogP contribution in [0.3, 0.4) is 0 Å². The van der Waals surface area contributed by atoms with Crippen LogP contribution in [0.5, 0.6) is 0 Å². The van der Waals surface area contributed by atoms with Crippen LogP contribution in [0.15, 0.2) is 0 Å². The fourth-order valence-electron chi connectivity index (χ4n) is 3.07. The van der Waals surface area contributed by atoms with E-state index in [2.05, 4.69) is 41.5 Å². The fraction of sp³-hybridized carbons (Fsp3) is 0.938. The zero-order valence-corrected chi connectivity index (χ0v) is 13.5. The number of hydrogen-bond donors (Lipinski definition) is 1. The van der Waals surface area contributed by atoms with Crippen LogP contribution in [0.4, 0.5) is 0 Å². The molecule has 0 aliphatic heterocycles. The van der Waals surface area contributed by atoms with Gasteiger partial charge in [0.05, 0.1) is 6.42 Å². The first-order chi connectivity index (χ1) is 8.49. The second-order valence-corrected chi connectivity index (χ2v) is 8.20. The zero-order valence-electron chi connectivity index (χ0n) is 13.5. The van der Waals surface area contributed by atoms with Gasteiger partial charge in [0.15, 0.2) is 0 Å². The Morgan fingerprint density at radius 1 is 1.37 bits per heavy atom. The molecule has 3 nitrogen and oxygen atoms in total. The Morgan fingerprint density at radius 3 is 2.42 bits per heavy atom. The topological polar surface area (TPSA) is 52.3 Å². The smallest absolute Gasteiger partial charge is 0.307 e. The molecule has 0 heterocycles. The van der Waals surface area contributed by atoms with Crippen LogP contribution in [0.1, 0.15) is 67.2 Å². The molecule has 1 fully saturated rings. The van der Waals surface area contributed by atoms with Gasteiger partial charge >= 0.3 is 5.97 Å². The van der Waals surface area contributed by atoms with Gasteiger partial charge in [0.2, 0.25) is 0 Å². The Bertz CT molecular complexity index is 317. The van der Waals surface area contributed by atoms with Gasteiger partial charge in [0.1, 0.15) is 6.10 Å². The van der Waals surface area contributed by atoms with Crippen molar-refractivity contribution in [2.75, 3.05) is 0 Å². The van der Waals surface area contributed by atoms with E-state index in [1.54, 1.807) is 0 Å². The third kappa shape index (κ3) is 5.52. The molecule has 3 atom stereocenters.